The van der Waals surface area contributed by atoms with Crippen molar-refractivity contribution < 1.29 is 19.1 Å². The van der Waals surface area contributed by atoms with E-state index < -0.39 is 0 Å². The molecular weight excluding hydrogens is 392 g/mol. The van der Waals surface area contributed by atoms with Gasteiger partial charge in [-0.1, -0.05) is 23.7 Å². The van der Waals surface area contributed by atoms with Crippen LogP contribution >= 0.6 is 11.6 Å². The van der Waals surface area contributed by atoms with Gasteiger partial charge in [0.05, 0.1) is 11.6 Å². The molecule has 1 N–H and O–H groups in total. The molecule has 154 valence electrons. The maximum atomic E-state index is 12.7. The molecule has 3 rings (SSSR count). The van der Waals surface area contributed by atoms with Crippen molar-refractivity contribution >= 4 is 23.4 Å². The fourth-order valence-electron chi connectivity index (χ4n) is 3.24. The molecule has 0 atom stereocenters. The molecule has 0 aromatic heterocycles. The first-order valence-corrected chi connectivity index (χ1v) is 10.1. The van der Waals surface area contributed by atoms with Gasteiger partial charge in [-0.25, -0.2) is 0 Å². The molecule has 0 radical (unpaired) electrons. The van der Waals surface area contributed by atoms with Crippen molar-refractivity contribution in [3.63, 3.8) is 0 Å². The number of rotatable bonds is 7. The number of para-hydroxylation sites is 1. The van der Waals surface area contributed by atoms with Crippen LogP contribution < -0.4 is 14.8 Å². The molecule has 2 amide bonds. The van der Waals surface area contributed by atoms with Crippen molar-refractivity contribution in [1.29, 1.82) is 0 Å². The normalized spacial score (nSPS) is 14.3. The molecule has 0 spiro atoms. The number of halogens is 1. The number of hydrogen-bond acceptors (Lipinski definition) is 4. The minimum Gasteiger partial charge on any atom is -0.494 e. The topological polar surface area (TPSA) is 67.9 Å². The Morgan fingerprint density at radius 2 is 1.76 bits per heavy atom. The maximum Gasteiger partial charge on any atom is 0.258 e. The van der Waals surface area contributed by atoms with Crippen LogP contribution in [0.4, 0.5) is 0 Å². The first-order chi connectivity index (χ1) is 14.1. The highest BCUT2D eigenvalue weighted by Crippen LogP contribution is 2.23. The number of amides is 2. The predicted octanol–water partition coefficient (Wildman–Crippen LogP) is 3.54. The zero-order chi connectivity index (χ0) is 20.6. The largest absolute Gasteiger partial charge is 0.494 e. The summed E-state index contributed by atoms with van der Waals surface area (Å²) in [7, 11) is 0. The molecule has 6 nitrogen and oxygen atoms in total. The molecule has 1 heterocycles. The summed E-state index contributed by atoms with van der Waals surface area (Å²) in [5.74, 6) is 1.05. The van der Waals surface area contributed by atoms with Crippen molar-refractivity contribution in [1.82, 2.24) is 10.2 Å². The van der Waals surface area contributed by atoms with Crippen LogP contribution in [0.1, 0.15) is 30.1 Å². The van der Waals surface area contributed by atoms with Gasteiger partial charge in [0.15, 0.2) is 6.61 Å². The Bertz CT molecular complexity index is 833. The summed E-state index contributed by atoms with van der Waals surface area (Å²) in [6, 6.07) is 14.3. The van der Waals surface area contributed by atoms with Crippen LogP contribution in [0, 0.1) is 0 Å². The average Bonchev–Trinajstić information content (AvgIpc) is 2.74. The molecule has 1 aliphatic rings. The smallest absolute Gasteiger partial charge is 0.258 e. The van der Waals surface area contributed by atoms with Gasteiger partial charge < -0.3 is 19.7 Å². The molecule has 0 aliphatic carbocycles. The van der Waals surface area contributed by atoms with E-state index in [0.29, 0.717) is 48.9 Å². The van der Waals surface area contributed by atoms with Gasteiger partial charge in [-0.2, -0.15) is 0 Å². The van der Waals surface area contributed by atoms with Gasteiger partial charge in [0, 0.05) is 24.7 Å². The highest BCUT2D eigenvalue weighted by atomic mass is 35.5. The third-order valence-electron chi connectivity index (χ3n) is 4.75. The van der Waals surface area contributed by atoms with Gasteiger partial charge >= 0.3 is 0 Å². The number of hydrogen-bond donors (Lipinski definition) is 1. The summed E-state index contributed by atoms with van der Waals surface area (Å²) in [5, 5.41) is 3.44. The lowest BCUT2D eigenvalue weighted by Crippen LogP contribution is -2.47. The summed E-state index contributed by atoms with van der Waals surface area (Å²) in [6.45, 7) is 3.63. The molecule has 7 heteroatoms. The maximum absolute atomic E-state index is 12.7. The number of carbonyl (C=O) groups excluding carboxylic acids is 2. The van der Waals surface area contributed by atoms with Crippen LogP contribution in [0.15, 0.2) is 48.5 Å². The van der Waals surface area contributed by atoms with Crippen LogP contribution in [0.3, 0.4) is 0 Å². The summed E-state index contributed by atoms with van der Waals surface area (Å²) in [6.07, 6.45) is 1.42. The quantitative estimate of drug-likeness (QED) is 0.749. The van der Waals surface area contributed by atoms with Crippen molar-refractivity contribution in [2.75, 3.05) is 26.3 Å². The Morgan fingerprint density at radius 1 is 1.07 bits per heavy atom. The second kappa shape index (κ2) is 10.2. The Labute approximate surface area is 175 Å². The van der Waals surface area contributed by atoms with E-state index in [-0.39, 0.29) is 24.5 Å². The first-order valence-electron chi connectivity index (χ1n) is 9.75. The molecule has 1 aliphatic heterocycles. The third kappa shape index (κ3) is 5.87. The lowest BCUT2D eigenvalue weighted by Gasteiger charge is -2.32. The number of nitrogens with one attached hydrogen (secondary N) is 1. The van der Waals surface area contributed by atoms with E-state index in [1.54, 1.807) is 36.4 Å². The minimum atomic E-state index is -0.193. The van der Waals surface area contributed by atoms with Crippen LogP contribution in [-0.4, -0.2) is 49.1 Å². The highest BCUT2D eigenvalue weighted by molar-refractivity contribution is 6.32. The van der Waals surface area contributed by atoms with Crippen LogP contribution in [0.25, 0.3) is 0 Å². The van der Waals surface area contributed by atoms with E-state index in [1.165, 1.54) is 0 Å². The highest BCUT2D eigenvalue weighted by Gasteiger charge is 2.24. The fraction of sp³-hybridized carbons (Fsp3) is 0.364. The number of ether oxygens (including phenoxy) is 2. The number of likely N-dealkylation sites (tertiary alicyclic amines) is 1. The van der Waals surface area contributed by atoms with E-state index in [9.17, 15) is 9.59 Å². The molecular formula is C22H25ClN2O4. The molecule has 0 unspecified atom stereocenters. The predicted molar refractivity (Wildman–Crippen MR) is 112 cm³/mol. The van der Waals surface area contributed by atoms with Crippen molar-refractivity contribution in [2.24, 2.45) is 0 Å². The number of piperidine rings is 1. The number of benzene rings is 2. The Morgan fingerprint density at radius 3 is 2.41 bits per heavy atom. The monoisotopic (exact) mass is 416 g/mol. The van der Waals surface area contributed by atoms with E-state index in [1.807, 2.05) is 24.0 Å². The average molecular weight is 417 g/mol. The summed E-state index contributed by atoms with van der Waals surface area (Å²) < 4.78 is 10.9. The van der Waals surface area contributed by atoms with Gasteiger partial charge in [-0.3, -0.25) is 9.59 Å². The standard InChI is InChI=1S/C22H25ClN2O4/c1-2-28-18-9-7-16(8-10-18)22(27)25-13-11-17(12-14-25)24-21(26)15-29-20-6-4-3-5-19(20)23/h3-10,17H,2,11-15H2,1H3,(H,24,26). The van der Waals surface area contributed by atoms with Gasteiger partial charge in [0.2, 0.25) is 0 Å². The third-order valence-corrected chi connectivity index (χ3v) is 5.07. The van der Waals surface area contributed by atoms with Crippen molar-refractivity contribution in [3.8, 4) is 11.5 Å². The van der Waals surface area contributed by atoms with Crippen LogP contribution in [0.2, 0.25) is 5.02 Å². The molecule has 2 aromatic rings. The minimum absolute atomic E-state index is 0.000113. The van der Waals surface area contributed by atoms with Crippen molar-refractivity contribution in [2.45, 2.75) is 25.8 Å². The van der Waals surface area contributed by atoms with E-state index in [0.717, 1.165) is 5.75 Å². The zero-order valence-corrected chi connectivity index (χ0v) is 17.2. The first kappa shape index (κ1) is 21.0. The SMILES string of the molecule is CCOc1ccc(C(=O)N2CCC(NC(=O)COc3ccccc3Cl)CC2)cc1. The molecule has 0 saturated carbocycles. The summed E-state index contributed by atoms with van der Waals surface area (Å²) in [5.41, 5.74) is 0.643. The van der Waals surface area contributed by atoms with Crippen LogP contribution in [0.5, 0.6) is 11.5 Å². The van der Waals surface area contributed by atoms with Crippen LogP contribution in [-0.2, 0) is 4.79 Å². The Hall–Kier alpha value is -2.73. The number of carbonyl (C=O) groups is 2. The molecule has 29 heavy (non-hydrogen) atoms. The van der Waals surface area contributed by atoms with E-state index in [4.69, 9.17) is 21.1 Å². The molecule has 2 aromatic carbocycles. The lowest BCUT2D eigenvalue weighted by molar-refractivity contribution is -0.124. The molecule has 1 fully saturated rings. The summed E-state index contributed by atoms with van der Waals surface area (Å²) in [4.78, 5) is 26.6. The fourth-order valence-corrected chi connectivity index (χ4v) is 3.43. The van der Waals surface area contributed by atoms with Gasteiger partial charge in [-0.15, -0.1) is 0 Å². The van der Waals surface area contributed by atoms with Gasteiger partial charge in [0.1, 0.15) is 11.5 Å². The van der Waals surface area contributed by atoms with Crippen molar-refractivity contribution in [3.05, 3.63) is 59.1 Å². The van der Waals surface area contributed by atoms with E-state index >= 15 is 0 Å². The Kier molecular flexibility index (Phi) is 7.36. The molecule has 1 saturated heterocycles. The lowest BCUT2D eigenvalue weighted by atomic mass is 10.0. The Balaban J connectivity index is 1.43. The van der Waals surface area contributed by atoms with E-state index in [2.05, 4.69) is 5.32 Å². The van der Waals surface area contributed by atoms with Gasteiger partial charge in [0.25, 0.3) is 11.8 Å². The molecule has 0 bridgehead atoms. The second-order valence-corrected chi connectivity index (χ2v) is 7.22. The number of nitrogens with zero attached hydrogens (tertiary/aromatic N) is 1. The second-order valence-electron chi connectivity index (χ2n) is 6.81. The summed E-state index contributed by atoms with van der Waals surface area (Å²) >= 11 is 6.02. The zero-order valence-electron chi connectivity index (χ0n) is 16.4. The van der Waals surface area contributed by atoms with Gasteiger partial charge in [-0.05, 0) is 56.2 Å².